The van der Waals surface area contributed by atoms with E-state index < -0.39 is 0 Å². The number of aryl methyl sites for hydroxylation is 2. The summed E-state index contributed by atoms with van der Waals surface area (Å²) in [7, 11) is 0. The average molecular weight is 403 g/mol. The lowest BCUT2D eigenvalue weighted by Crippen LogP contribution is -2.16. The molecule has 0 bridgehead atoms. The molecule has 0 unspecified atom stereocenters. The zero-order valence-electron chi connectivity index (χ0n) is 15.3. The van der Waals surface area contributed by atoms with Gasteiger partial charge in [-0.15, -0.1) is 11.3 Å². The number of H-pyrrole nitrogens is 1. The number of anilines is 1. The molecule has 3 rings (SSSR count). The Morgan fingerprint density at radius 2 is 2.22 bits per heavy atom. The summed E-state index contributed by atoms with van der Waals surface area (Å²) in [4.78, 5) is 32.3. The second-order valence-corrected chi connectivity index (χ2v) is 8.58. The summed E-state index contributed by atoms with van der Waals surface area (Å²) >= 11 is 2.72. The maximum Gasteiger partial charge on any atom is 0.251 e. The molecule has 0 saturated carbocycles. The first-order valence-electron chi connectivity index (χ1n) is 9.18. The quantitative estimate of drug-likeness (QED) is 0.436. The Bertz CT molecular complexity index is 927. The molecule has 142 valence electrons. The maximum absolute atomic E-state index is 12.4. The number of nitrogens with one attached hydrogen (secondary N) is 2. The molecule has 2 heterocycles. The van der Waals surface area contributed by atoms with Gasteiger partial charge < -0.3 is 10.3 Å². The van der Waals surface area contributed by atoms with Crippen LogP contribution in [0.4, 0.5) is 5.00 Å². The first-order chi connectivity index (χ1) is 13.1. The standard InChI is InChI=1S/C19H22N4O2S2/c1-2-6-12-9-16(24)23-19(21-12)26-11-17(25)22-18-14(10-20)13-7-4-3-5-8-15(13)27-18/h9H,2-8,11H2,1H3,(H,22,25)(H,21,23,24). The van der Waals surface area contributed by atoms with E-state index in [0.717, 1.165) is 49.8 Å². The highest BCUT2D eigenvalue weighted by Crippen LogP contribution is 2.37. The van der Waals surface area contributed by atoms with Crippen LogP contribution >= 0.6 is 23.1 Å². The van der Waals surface area contributed by atoms with Crippen LogP contribution in [0.25, 0.3) is 0 Å². The van der Waals surface area contributed by atoms with Gasteiger partial charge in [0.15, 0.2) is 5.16 Å². The molecule has 2 aromatic rings. The van der Waals surface area contributed by atoms with Crippen molar-refractivity contribution in [3.05, 3.63) is 38.1 Å². The van der Waals surface area contributed by atoms with E-state index in [1.54, 1.807) is 0 Å². The Morgan fingerprint density at radius 1 is 1.41 bits per heavy atom. The monoisotopic (exact) mass is 402 g/mol. The molecule has 0 aliphatic heterocycles. The number of nitrogens with zero attached hydrogens (tertiary/aromatic N) is 2. The van der Waals surface area contributed by atoms with Crippen LogP contribution in [0.5, 0.6) is 0 Å². The Labute approximate surface area is 166 Å². The second-order valence-electron chi connectivity index (χ2n) is 6.51. The second kappa shape index (κ2) is 9.20. The molecule has 1 aliphatic carbocycles. The fourth-order valence-electron chi connectivity index (χ4n) is 3.18. The predicted molar refractivity (Wildman–Crippen MR) is 108 cm³/mol. The summed E-state index contributed by atoms with van der Waals surface area (Å²) in [6.45, 7) is 2.03. The first kappa shape index (κ1) is 19.6. The van der Waals surface area contributed by atoms with Crippen LogP contribution in [0, 0.1) is 11.3 Å². The largest absolute Gasteiger partial charge is 0.316 e. The number of carbonyl (C=O) groups excluding carboxylic acids is 1. The van der Waals surface area contributed by atoms with Crippen molar-refractivity contribution in [3.63, 3.8) is 0 Å². The van der Waals surface area contributed by atoms with Crippen LogP contribution in [0.15, 0.2) is 16.0 Å². The van der Waals surface area contributed by atoms with E-state index in [4.69, 9.17) is 0 Å². The molecule has 6 nitrogen and oxygen atoms in total. The highest BCUT2D eigenvalue weighted by molar-refractivity contribution is 7.99. The maximum atomic E-state index is 12.4. The van der Waals surface area contributed by atoms with Crippen LogP contribution < -0.4 is 10.9 Å². The number of thiophene rings is 1. The van der Waals surface area contributed by atoms with Gasteiger partial charge in [0.1, 0.15) is 11.1 Å². The minimum Gasteiger partial charge on any atom is -0.316 e. The molecular weight excluding hydrogens is 380 g/mol. The summed E-state index contributed by atoms with van der Waals surface area (Å²) in [5, 5.41) is 13.5. The van der Waals surface area contributed by atoms with Crippen molar-refractivity contribution in [1.29, 1.82) is 5.26 Å². The van der Waals surface area contributed by atoms with Crippen LogP contribution in [-0.4, -0.2) is 21.6 Å². The molecule has 27 heavy (non-hydrogen) atoms. The third-order valence-corrected chi connectivity index (χ3v) is 6.49. The van der Waals surface area contributed by atoms with E-state index >= 15 is 0 Å². The Balaban J connectivity index is 1.67. The van der Waals surface area contributed by atoms with E-state index in [1.807, 2.05) is 6.92 Å². The smallest absolute Gasteiger partial charge is 0.251 e. The number of amides is 1. The van der Waals surface area contributed by atoms with E-state index in [2.05, 4.69) is 21.4 Å². The van der Waals surface area contributed by atoms with E-state index in [-0.39, 0.29) is 17.2 Å². The first-order valence-corrected chi connectivity index (χ1v) is 11.0. The molecule has 1 aliphatic rings. The SMILES string of the molecule is CCCc1cc(=O)[nH]c(SCC(=O)Nc2sc3c(c2C#N)CCCCC3)n1. The molecular formula is C19H22N4O2S2. The molecule has 0 saturated heterocycles. The molecule has 1 amide bonds. The van der Waals surface area contributed by atoms with Crippen LogP contribution in [-0.2, 0) is 24.1 Å². The molecule has 8 heteroatoms. The zero-order valence-corrected chi connectivity index (χ0v) is 16.9. The lowest BCUT2D eigenvalue weighted by molar-refractivity contribution is -0.113. The number of thioether (sulfide) groups is 1. The summed E-state index contributed by atoms with van der Waals surface area (Å²) in [5.74, 6) is -0.0668. The molecule has 0 atom stereocenters. The summed E-state index contributed by atoms with van der Waals surface area (Å²) in [6.07, 6.45) is 6.94. The third-order valence-electron chi connectivity index (χ3n) is 4.41. The van der Waals surface area contributed by atoms with E-state index in [9.17, 15) is 14.9 Å². The van der Waals surface area contributed by atoms with Gasteiger partial charge >= 0.3 is 0 Å². The number of aromatic amines is 1. The van der Waals surface area contributed by atoms with Crippen LogP contribution in [0.2, 0.25) is 0 Å². The predicted octanol–water partition coefficient (Wildman–Crippen LogP) is 3.66. The molecule has 2 aromatic heterocycles. The third kappa shape index (κ3) is 4.99. The van der Waals surface area contributed by atoms with E-state index in [1.165, 1.54) is 40.5 Å². The minimum atomic E-state index is -0.204. The van der Waals surface area contributed by atoms with Crippen LogP contribution in [0.3, 0.4) is 0 Å². The Morgan fingerprint density at radius 3 is 3.00 bits per heavy atom. The van der Waals surface area contributed by atoms with Crippen molar-refractivity contribution >= 4 is 34.0 Å². The van der Waals surface area contributed by atoms with Gasteiger partial charge in [-0.05, 0) is 37.7 Å². The molecule has 2 N–H and O–H groups in total. The number of nitriles is 1. The topological polar surface area (TPSA) is 98.6 Å². The summed E-state index contributed by atoms with van der Waals surface area (Å²) in [6, 6.07) is 3.76. The molecule has 0 fully saturated rings. The Hall–Kier alpha value is -2.11. The van der Waals surface area contributed by atoms with Crippen molar-refractivity contribution < 1.29 is 4.79 Å². The van der Waals surface area contributed by atoms with Gasteiger partial charge in [0.2, 0.25) is 5.91 Å². The highest BCUT2D eigenvalue weighted by atomic mass is 32.2. The van der Waals surface area contributed by atoms with Crippen molar-refractivity contribution in [2.24, 2.45) is 0 Å². The van der Waals surface area contributed by atoms with Gasteiger partial charge in [-0.1, -0.05) is 31.5 Å². The summed E-state index contributed by atoms with van der Waals surface area (Å²) in [5.41, 5.74) is 2.26. The molecule has 0 aromatic carbocycles. The van der Waals surface area contributed by atoms with Crippen molar-refractivity contribution in [3.8, 4) is 6.07 Å². The van der Waals surface area contributed by atoms with Crippen LogP contribution in [0.1, 0.15) is 54.3 Å². The normalized spacial score (nSPS) is 13.5. The summed E-state index contributed by atoms with van der Waals surface area (Å²) < 4.78 is 0. The van der Waals surface area contributed by atoms with Gasteiger partial charge in [-0.2, -0.15) is 5.26 Å². The zero-order chi connectivity index (χ0) is 19.2. The number of carbonyl (C=O) groups is 1. The van der Waals surface area contributed by atoms with E-state index in [0.29, 0.717) is 15.7 Å². The lowest BCUT2D eigenvalue weighted by Gasteiger charge is -2.05. The minimum absolute atomic E-state index is 0.131. The number of rotatable bonds is 6. The number of aromatic nitrogens is 2. The highest BCUT2D eigenvalue weighted by Gasteiger charge is 2.21. The number of hydrogen-bond acceptors (Lipinski definition) is 6. The fourth-order valence-corrected chi connectivity index (χ4v) is 5.13. The number of hydrogen-bond donors (Lipinski definition) is 2. The van der Waals surface area contributed by atoms with Gasteiger partial charge in [0.25, 0.3) is 5.56 Å². The molecule has 0 spiro atoms. The van der Waals surface area contributed by atoms with Gasteiger partial charge in [-0.3, -0.25) is 9.59 Å². The fraction of sp³-hybridized carbons (Fsp3) is 0.474. The van der Waals surface area contributed by atoms with Crippen molar-refractivity contribution in [1.82, 2.24) is 9.97 Å². The van der Waals surface area contributed by atoms with Crippen molar-refractivity contribution in [2.75, 3.05) is 11.1 Å². The lowest BCUT2D eigenvalue weighted by atomic mass is 10.1. The van der Waals surface area contributed by atoms with Gasteiger partial charge in [-0.25, -0.2) is 4.98 Å². The van der Waals surface area contributed by atoms with Gasteiger partial charge in [0, 0.05) is 16.6 Å². The molecule has 0 radical (unpaired) electrons. The average Bonchev–Trinajstić information content (AvgIpc) is 2.79. The van der Waals surface area contributed by atoms with Gasteiger partial charge in [0.05, 0.1) is 11.3 Å². The Kier molecular flexibility index (Phi) is 6.69. The van der Waals surface area contributed by atoms with Crippen molar-refractivity contribution in [2.45, 2.75) is 57.0 Å². The number of fused-ring (bicyclic) bond motifs is 1.